The van der Waals surface area contributed by atoms with E-state index in [9.17, 15) is 9.59 Å². The van der Waals surface area contributed by atoms with Crippen LogP contribution >= 0.6 is 15.9 Å². The zero-order valence-corrected chi connectivity index (χ0v) is 17.7. The molecule has 0 fully saturated rings. The molecule has 0 bridgehead atoms. The summed E-state index contributed by atoms with van der Waals surface area (Å²) in [5.74, 6) is 0.723. The van der Waals surface area contributed by atoms with Crippen molar-refractivity contribution in [3.05, 3.63) is 81.1 Å². The summed E-state index contributed by atoms with van der Waals surface area (Å²) in [4.78, 5) is 24.2. The van der Waals surface area contributed by atoms with Crippen molar-refractivity contribution in [3.63, 3.8) is 0 Å². The average Bonchev–Trinajstić information content (AvgIpc) is 2.74. The molecule has 0 aliphatic carbocycles. The molecule has 29 heavy (non-hydrogen) atoms. The highest BCUT2D eigenvalue weighted by molar-refractivity contribution is 9.10. The van der Waals surface area contributed by atoms with Gasteiger partial charge < -0.3 is 10.1 Å². The first-order valence-corrected chi connectivity index (χ1v) is 10.1. The summed E-state index contributed by atoms with van der Waals surface area (Å²) in [7, 11) is 1.62. The van der Waals surface area contributed by atoms with E-state index in [1.807, 2.05) is 48.5 Å². The third-order valence-electron chi connectivity index (χ3n) is 4.43. The van der Waals surface area contributed by atoms with Gasteiger partial charge in [0.1, 0.15) is 5.75 Å². The van der Waals surface area contributed by atoms with Crippen LogP contribution in [0, 0.1) is 0 Å². The van der Waals surface area contributed by atoms with Gasteiger partial charge in [0.25, 0.3) is 5.56 Å². The minimum atomic E-state index is -0.176. The smallest absolute Gasteiger partial charge is 0.266 e. The van der Waals surface area contributed by atoms with Gasteiger partial charge in [-0.25, -0.2) is 4.68 Å². The van der Waals surface area contributed by atoms with Gasteiger partial charge in [0.15, 0.2) is 0 Å². The minimum Gasteiger partial charge on any atom is -0.497 e. The van der Waals surface area contributed by atoms with E-state index in [-0.39, 0.29) is 11.5 Å². The number of rotatable bonds is 8. The van der Waals surface area contributed by atoms with Gasteiger partial charge in [-0.2, -0.15) is 5.10 Å². The number of nitrogens with one attached hydrogen (secondary N) is 1. The Morgan fingerprint density at radius 2 is 1.79 bits per heavy atom. The standard InChI is InChI=1S/C22H22BrN3O3/c1-29-19-10-4-16(5-11-19)15-24-21(27)3-2-14-26-22(28)13-12-20(25-26)17-6-8-18(23)9-7-17/h4-13H,2-3,14-15H2,1H3,(H,24,27). The third kappa shape index (κ3) is 6.02. The molecule has 0 unspecified atom stereocenters. The molecular formula is C22H22BrN3O3. The Balaban J connectivity index is 1.51. The van der Waals surface area contributed by atoms with E-state index >= 15 is 0 Å². The van der Waals surface area contributed by atoms with Crippen LogP contribution in [0.4, 0.5) is 0 Å². The van der Waals surface area contributed by atoms with Gasteiger partial charge in [-0.05, 0) is 42.3 Å². The predicted octanol–water partition coefficient (Wildman–Crippen LogP) is 3.78. The monoisotopic (exact) mass is 455 g/mol. The minimum absolute atomic E-state index is 0.0575. The Morgan fingerprint density at radius 1 is 1.07 bits per heavy atom. The lowest BCUT2D eigenvalue weighted by Gasteiger charge is -2.08. The summed E-state index contributed by atoms with van der Waals surface area (Å²) < 4.78 is 7.51. The second-order valence-corrected chi connectivity index (χ2v) is 7.43. The lowest BCUT2D eigenvalue weighted by atomic mass is 10.1. The van der Waals surface area contributed by atoms with Crippen LogP contribution in [-0.2, 0) is 17.9 Å². The molecule has 0 spiro atoms. The molecule has 150 valence electrons. The third-order valence-corrected chi connectivity index (χ3v) is 4.96. The molecule has 7 heteroatoms. The van der Waals surface area contributed by atoms with Crippen LogP contribution in [0.15, 0.2) is 69.9 Å². The van der Waals surface area contributed by atoms with Gasteiger partial charge in [0.2, 0.25) is 5.91 Å². The van der Waals surface area contributed by atoms with Crippen molar-refractivity contribution in [2.24, 2.45) is 0 Å². The number of halogens is 1. The van der Waals surface area contributed by atoms with Gasteiger partial charge in [-0.3, -0.25) is 9.59 Å². The maximum absolute atomic E-state index is 12.1. The van der Waals surface area contributed by atoms with Crippen molar-refractivity contribution < 1.29 is 9.53 Å². The first kappa shape index (κ1) is 20.8. The van der Waals surface area contributed by atoms with Crippen molar-refractivity contribution in [2.45, 2.75) is 25.9 Å². The topological polar surface area (TPSA) is 73.2 Å². The van der Waals surface area contributed by atoms with Gasteiger partial charge >= 0.3 is 0 Å². The highest BCUT2D eigenvalue weighted by Crippen LogP contribution is 2.18. The van der Waals surface area contributed by atoms with E-state index in [0.29, 0.717) is 25.9 Å². The predicted molar refractivity (Wildman–Crippen MR) is 116 cm³/mol. The van der Waals surface area contributed by atoms with Gasteiger partial charge in [-0.1, -0.05) is 40.2 Å². The summed E-state index contributed by atoms with van der Waals surface area (Å²) >= 11 is 3.41. The van der Waals surface area contributed by atoms with E-state index < -0.39 is 0 Å². The Bertz CT molecular complexity index is 1010. The molecule has 0 radical (unpaired) electrons. The Morgan fingerprint density at radius 3 is 2.48 bits per heavy atom. The normalized spacial score (nSPS) is 10.6. The Hall–Kier alpha value is -2.93. The summed E-state index contributed by atoms with van der Waals surface area (Å²) in [5.41, 5.74) is 2.48. The fourth-order valence-electron chi connectivity index (χ4n) is 2.81. The SMILES string of the molecule is COc1ccc(CNC(=O)CCCn2nc(-c3ccc(Br)cc3)ccc2=O)cc1. The maximum Gasteiger partial charge on any atom is 0.266 e. The van der Waals surface area contributed by atoms with Crippen molar-refractivity contribution >= 4 is 21.8 Å². The maximum atomic E-state index is 12.1. The fourth-order valence-corrected chi connectivity index (χ4v) is 3.07. The first-order valence-electron chi connectivity index (χ1n) is 9.29. The molecule has 1 aromatic heterocycles. The van der Waals surface area contributed by atoms with E-state index in [1.165, 1.54) is 10.7 Å². The van der Waals surface area contributed by atoms with Gasteiger partial charge in [0.05, 0.1) is 12.8 Å². The molecule has 0 saturated carbocycles. The largest absolute Gasteiger partial charge is 0.497 e. The summed E-state index contributed by atoms with van der Waals surface area (Å²) in [6.45, 7) is 0.846. The lowest BCUT2D eigenvalue weighted by molar-refractivity contribution is -0.121. The van der Waals surface area contributed by atoms with E-state index in [0.717, 1.165) is 27.0 Å². The van der Waals surface area contributed by atoms with Crippen molar-refractivity contribution in [2.75, 3.05) is 7.11 Å². The summed E-state index contributed by atoms with van der Waals surface area (Å²) in [5, 5.41) is 7.31. The Kier molecular flexibility index (Phi) is 7.19. The number of carbonyl (C=O) groups excluding carboxylic acids is 1. The van der Waals surface area contributed by atoms with E-state index in [2.05, 4.69) is 26.3 Å². The van der Waals surface area contributed by atoms with Crippen LogP contribution in [0.5, 0.6) is 5.75 Å². The van der Waals surface area contributed by atoms with Crippen LogP contribution in [0.3, 0.4) is 0 Å². The number of methoxy groups -OCH3 is 1. The fraction of sp³-hybridized carbons (Fsp3) is 0.227. The van der Waals surface area contributed by atoms with Gasteiger partial charge in [-0.15, -0.1) is 0 Å². The molecule has 1 heterocycles. The van der Waals surface area contributed by atoms with Crippen LogP contribution < -0.4 is 15.6 Å². The number of aryl methyl sites for hydroxylation is 1. The first-order chi connectivity index (χ1) is 14.0. The molecule has 1 N–H and O–H groups in total. The molecule has 3 aromatic rings. The quantitative estimate of drug-likeness (QED) is 0.560. The Labute approximate surface area is 177 Å². The van der Waals surface area contributed by atoms with Crippen molar-refractivity contribution in [1.82, 2.24) is 15.1 Å². The zero-order valence-electron chi connectivity index (χ0n) is 16.1. The van der Waals surface area contributed by atoms with E-state index in [4.69, 9.17) is 4.74 Å². The molecule has 0 aliphatic rings. The summed E-state index contributed by atoms with van der Waals surface area (Å²) in [6.07, 6.45) is 0.859. The molecule has 0 atom stereocenters. The van der Waals surface area contributed by atoms with Crippen LogP contribution in [0.25, 0.3) is 11.3 Å². The molecule has 0 saturated heterocycles. The lowest BCUT2D eigenvalue weighted by Crippen LogP contribution is -2.25. The number of ether oxygens (including phenoxy) is 1. The average molecular weight is 456 g/mol. The number of nitrogens with zero attached hydrogens (tertiary/aromatic N) is 2. The second kappa shape index (κ2) is 10.0. The number of carbonyl (C=O) groups is 1. The number of hydrogen-bond donors (Lipinski definition) is 1. The molecule has 6 nitrogen and oxygen atoms in total. The van der Waals surface area contributed by atoms with E-state index in [1.54, 1.807) is 13.2 Å². The highest BCUT2D eigenvalue weighted by Gasteiger charge is 2.06. The number of aromatic nitrogens is 2. The molecule has 2 aromatic carbocycles. The van der Waals surface area contributed by atoms with Crippen molar-refractivity contribution in [3.8, 4) is 17.0 Å². The number of benzene rings is 2. The van der Waals surface area contributed by atoms with Crippen molar-refractivity contribution in [1.29, 1.82) is 0 Å². The molecular weight excluding hydrogens is 434 g/mol. The number of amides is 1. The van der Waals surface area contributed by atoms with Crippen LogP contribution in [0.2, 0.25) is 0 Å². The van der Waals surface area contributed by atoms with Gasteiger partial charge in [0, 0.05) is 35.6 Å². The zero-order chi connectivity index (χ0) is 20.6. The molecule has 3 rings (SSSR count). The van der Waals surface area contributed by atoms with Crippen LogP contribution in [0.1, 0.15) is 18.4 Å². The highest BCUT2D eigenvalue weighted by atomic mass is 79.9. The summed E-state index contributed by atoms with van der Waals surface area (Å²) in [6, 6.07) is 18.5. The molecule has 1 amide bonds. The second-order valence-electron chi connectivity index (χ2n) is 6.52. The molecule has 0 aliphatic heterocycles. The van der Waals surface area contributed by atoms with Crippen LogP contribution in [-0.4, -0.2) is 22.8 Å². The number of hydrogen-bond acceptors (Lipinski definition) is 4.